The number of aryl methyl sites for hydroxylation is 1. The SMILES string of the molecule is COc1ccc(C)cc1S(=O)(=O)c1cc(CN2CCNC(C)C2OC(=O)C(F)(F)F)c2occc2c1. The molecule has 0 saturated carbocycles. The minimum Gasteiger partial charge on any atom is -0.495 e. The summed E-state index contributed by atoms with van der Waals surface area (Å²) in [6.45, 7) is 4.04. The van der Waals surface area contributed by atoms with E-state index in [1.165, 1.54) is 31.6 Å². The van der Waals surface area contributed by atoms with Gasteiger partial charge in [-0.2, -0.15) is 13.2 Å². The van der Waals surface area contributed by atoms with Gasteiger partial charge in [-0.15, -0.1) is 0 Å². The van der Waals surface area contributed by atoms with Crippen molar-refractivity contribution in [1.29, 1.82) is 0 Å². The van der Waals surface area contributed by atoms with Crippen LogP contribution in [0.25, 0.3) is 11.0 Å². The van der Waals surface area contributed by atoms with Gasteiger partial charge in [0, 0.05) is 30.6 Å². The van der Waals surface area contributed by atoms with E-state index in [0.717, 1.165) is 5.56 Å². The fraction of sp³-hybridized carbons (Fsp3) is 0.375. The Balaban J connectivity index is 1.75. The molecule has 12 heteroatoms. The number of halogens is 3. The second-order valence-electron chi connectivity index (χ2n) is 8.59. The molecule has 1 fully saturated rings. The second kappa shape index (κ2) is 9.75. The van der Waals surface area contributed by atoms with E-state index in [1.807, 2.05) is 0 Å². The van der Waals surface area contributed by atoms with Gasteiger partial charge < -0.3 is 19.2 Å². The van der Waals surface area contributed by atoms with Gasteiger partial charge in [-0.25, -0.2) is 13.2 Å². The molecule has 1 aliphatic rings. The van der Waals surface area contributed by atoms with Gasteiger partial charge in [-0.3, -0.25) is 4.90 Å². The molecular formula is C24H25F3N2O6S. The number of ether oxygens (including phenoxy) is 2. The number of rotatable bonds is 6. The topological polar surface area (TPSA) is 98.1 Å². The molecule has 2 unspecified atom stereocenters. The highest BCUT2D eigenvalue weighted by molar-refractivity contribution is 7.91. The number of carbonyl (C=O) groups is 1. The monoisotopic (exact) mass is 526 g/mol. The van der Waals surface area contributed by atoms with Crippen molar-refractivity contribution < 1.29 is 40.3 Å². The minimum absolute atomic E-state index is 0.00780. The third-order valence-electron chi connectivity index (χ3n) is 6.01. The van der Waals surface area contributed by atoms with Gasteiger partial charge in [-0.05, 0) is 49.7 Å². The van der Waals surface area contributed by atoms with E-state index >= 15 is 0 Å². The summed E-state index contributed by atoms with van der Waals surface area (Å²) >= 11 is 0. The lowest BCUT2D eigenvalue weighted by Gasteiger charge is -2.39. The molecule has 4 rings (SSSR count). The number of carbonyl (C=O) groups excluding carboxylic acids is 1. The standard InChI is InChI=1S/C24H25F3N2O6S/c1-14-4-5-19(33-3)20(10-14)36(31,32)18-11-16-6-9-34-21(16)17(12-18)13-29-8-7-28-15(2)22(29)35-23(30)24(25,26)27/h4-6,9-12,15,22,28H,7-8,13H2,1-3H3. The molecule has 2 aromatic carbocycles. The van der Waals surface area contributed by atoms with Crippen molar-refractivity contribution in [3.63, 3.8) is 0 Å². The normalized spacial score (nSPS) is 19.4. The van der Waals surface area contributed by atoms with Crippen LogP contribution in [-0.4, -0.2) is 57.9 Å². The van der Waals surface area contributed by atoms with E-state index in [2.05, 4.69) is 5.32 Å². The van der Waals surface area contributed by atoms with E-state index < -0.39 is 34.3 Å². The van der Waals surface area contributed by atoms with Gasteiger partial charge in [-0.1, -0.05) is 6.07 Å². The molecule has 1 aromatic heterocycles. The number of methoxy groups -OCH3 is 1. The Morgan fingerprint density at radius 1 is 1.22 bits per heavy atom. The molecule has 0 spiro atoms. The van der Waals surface area contributed by atoms with Crippen molar-refractivity contribution in [1.82, 2.24) is 10.2 Å². The molecular weight excluding hydrogens is 501 g/mol. The maximum atomic E-state index is 13.6. The third-order valence-corrected chi connectivity index (χ3v) is 7.76. The van der Waals surface area contributed by atoms with E-state index in [9.17, 15) is 26.4 Å². The number of furan rings is 1. The Morgan fingerprint density at radius 3 is 2.67 bits per heavy atom. The van der Waals surface area contributed by atoms with Crippen molar-refractivity contribution in [2.24, 2.45) is 0 Å². The van der Waals surface area contributed by atoms with Crippen LogP contribution in [0.15, 0.2) is 56.9 Å². The first kappa shape index (κ1) is 26.0. The molecule has 1 aliphatic heterocycles. The third kappa shape index (κ3) is 5.06. The van der Waals surface area contributed by atoms with Crippen LogP contribution in [-0.2, 0) is 25.9 Å². The summed E-state index contributed by atoms with van der Waals surface area (Å²) in [6, 6.07) is 8.72. The average Bonchev–Trinajstić information content (AvgIpc) is 3.29. The number of piperazine rings is 1. The summed E-state index contributed by atoms with van der Waals surface area (Å²) in [7, 11) is -2.65. The number of nitrogens with one attached hydrogen (secondary N) is 1. The van der Waals surface area contributed by atoms with Gasteiger partial charge in [0.15, 0.2) is 6.23 Å². The van der Waals surface area contributed by atoms with Crippen molar-refractivity contribution in [2.75, 3.05) is 20.2 Å². The molecule has 1 saturated heterocycles. The zero-order chi connectivity index (χ0) is 26.3. The molecule has 2 heterocycles. The van der Waals surface area contributed by atoms with Crippen LogP contribution < -0.4 is 10.1 Å². The number of hydrogen-bond acceptors (Lipinski definition) is 8. The molecule has 194 valence electrons. The van der Waals surface area contributed by atoms with Crippen LogP contribution in [0.4, 0.5) is 13.2 Å². The average molecular weight is 527 g/mol. The zero-order valence-electron chi connectivity index (χ0n) is 19.8. The van der Waals surface area contributed by atoms with Gasteiger partial charge in [0.05, 0.1) is 24.3 Å². The van der Waals surface area contributed by atoms with E-state index in [-0.39, 0.29) is 28.6 Å². The lowest BCUT2D eigenvalue weighted by atomic mass is 10.1. The van der Waals surface area contributed by atoms with Gasteiger partial charge in [0.25, 0.3) is 0 Å². The zero-order valence-corrected chi connectivity index (χ0v) is 20.6. The summed E-state index contributed by atoms with van der Waals surface area (Å²) in [6.07, 6.45) is -4.97. The van der Waals surface area contributed by atoms with Crippen LogP contribution >= 0.6 is 0 Å². The van der Waals surface area contributed by atoms with E-state index in [0.29, 0.717) is 23.1 Å². The number of esters is 1. The first-order valence-corrected chi connectivity index (χ1v) is 12.5. The van der Waals surface area contributed by atoms with Crippen molar-refractivity contribution >= 4 is 26.8 Å². The number of alkyl halides is 3. The second-order valence-corrected chi connectivity index (χ2v) is 10.5. The Kier molecular flexibility index (Phi) is 7.04. The maximum absolute atomic E-state index is 13.6. The van der Waals surface area contributed by atoms with Crippen LogP contribution in [0, 0.1) is 6.92 Å². The smallest absolute Gasteiger partial charge is 0.490 e. The molecule has 8 nitrogen and oxygen atoms in total. The highest BCUT2D eigenvalue weighted by Crippen LogP contribution is 2.34. The van der Waals surface area contributed by atoms with E-state index in [1.54, 1.807) is 36.9 Å². The molecule has 36 heavy (non-hydrogen) atoms. The first-order chi connectivity index (χ1) is 16.9. The number of hydrogen-bond donors (Lipinski definition) is 1. The number of nitrogens with zero attached hydrogens (tertiary/aromatic N) is 1. The predicted molar refractivity (Wildman–Crippen MR) is 123 cm³/mol. The number of sulfone groups is 1. The summed E-state index contributed by atoms with van der Waals surface area (Å²) in [5.41, 5.74) is 1.53. The highest BCUT2D eigenvalue weighted by atomic mass is 32.2. The van der Waals surface area contributed by atoms with E-state index in [4.69, 9.17) is 13.9 Å². The largest absolute Gasteiger partial charge is 0.495 e. The lowest BCUT2D eigenvalue weighted by Crippen LogP contribution is -2.58. The molecule has 3 aromatic rings. The fourth-order valence-electron chi connectivity index (χ4n) is 4.24. The predicted octanol–water partition coefficient (Wildman–Crippen LogP) is 3.81. The van der Waals surface area contributed by atoms with Crippen LogP contribution in [0.5, 0.6) is 5.75 Å². The minimum atomic E-state index is -5.14. The van der Waals surface area contributed by atoms with Crippen molar-refractivity contribution in [2.45, 2.75) is 48.6 Å². The summed E-state index contributed by atoms with van der Waals surface area (Å²) < 4.78 is 81.5. The summed E-state index contributed by atoms with van der Waals surface area (Å²) in [5.74, 6) is -2.11. The lowest BCUT2D eigenvalue weighted by molar-refractivity contribution is -0.217. The van der Waals surface area contributed by atoms with Crippen LogP contribution in [0.2, 0.25) is 0 Å². The van der Waals surface area contributed by atoms with Crippen molar-refractivity contribution in [3.05, 3.63) is 53.8 Å². The van der Waals surface area contributed by atoms with Crippen molar-refractivity contribution in [3.8, 4) is 5.75 Å². The van der Waals surface area contributed by atoms with Gasteiger partial charge in [0.2, 0.25) is 9.84 Å². The quantitative estimate of drug-likeness (QED) is 0.485. The Morgan fingerprint density at radius 2 is 1.97 bits per heavy atom. The van der Waals surface area contributed by atoms with Gasteiger partial charge in [0.1, 0.15) is 16.2 Å². The van der Waals surface area contributed by atoms with Gasteiger partial charge >= 0.3 is 12.1 Å². The summed E-state index contributed by atoms with van der Waals surface area (Å²) in [5, 5.41) is 3.50. The Bertz CT molecular complexity index is 1390. The Labute approximate surface area is 205 Å². The fourth-order valence-corrected chi connectivity index (χ4v) is 5.83. The van der Waals surface area contributed by atoms with Crippen LogP contribution in [0.3, 0.4) is 0 Å². The molecule has 1 N–H and O–H groups in total. The summed E-state index contributed by atoms with van der Waals surface area (Å²) in [4.78, 5) is 13.1. The first-order valence-electron chi connectivity index (χ1n) is 11.1. The van der Waals surface area contributed by atoms with Crippen LogP contribution in [0.1, 0.15) is 18.1 Å². The molecule has 0 aliphatic carbocycles. The Hall–Kier alpha value is -3.09. The number of fused-ring (bicyclic) bond motifs is 1. The number of benzene rings is 2. The highest BCUT2D eigenvalue weighted by Gasteiger charge is 2.44. The maximum Gasteiger partial charge on any atom is 0.490 e. The molecule has 0 amide bonds. The molecule has 0 bridgehead atoms. The molecule has 0 radical (unpaired) electrons. The molecule has 2 atom stereocenters.